The monoisotopic (exact) mass is 279 g/mol. The van der Waals surface area contributed by atoms with Crippen LogP contribution >= 0.6 is 11.6 Å². The molecule has 3 nitrogen and oxygen atoms in total. The standard InChI is InChI=1S/C15H18ClNO2/c16-12-5-6-14(13(7-12)15(18)19)17-8-10-3-1-2-4-11(10)9-17/h5-7,10-11H,1-4,8-9H2,(H,18,19). The Labute approximate surface area is 118 Å². The highest BCUT2D eigenvalue weighted by Crippen LogP contribution is 2.39. The maximum absolute atomic E-state index is 11.4. The molecule has 1 N–H and O–H groups in total. The van der Waals surface area contributed by atoms with Gasteiger partial charge in [0.25, 0.3) is 0 Å². The largest absolute Gasteiger partial charge is 0.478 e. The van der Waals surface area contributed by atoms with Gasteiger partial charge in [-0.2, -0.15) is 0 Å². The van der Waals surface area contributed by atoms with Crippen molar-refractivity contribution in [3.05, 3.63) is 28.8 Å². The van der Waals surface area contributed by atoms with Crippen LogP contribution in [0.15, 0.2) is 18.2 Å². The number of aromatic carboxylic acids is 1. The molecule has 0 aromatic heterocycles. The Kier molecular flexibility index (Phi) is 3.40. The number of anilines is 1. The average Bonchev–Trinajstić information content (AvgIpc) is 2.82. The summed E-state index contributed by atoms with van der Waals surface area (Å²) in [6, 6.07) is 5.19. The van der Waals surface area contributed by atoms with Crippen molar-refractivity contribution < 1.29 is 9.90 Å². The van der Waals surface area contributed by atoms with Crippen LogP contribution in [0.1, 0.15) is 36.0 Å². The van der Waals surface area contributed by atoms with Gasteiger partial charge < -0.3 is 10.0 Å². The summed E-state index contributed by atoms with van der Waals surface area (Å²) in [6.45, 7) is 1.99. The number of carbonyl (C=O) groups is 1. The van der Waals surface area contributed by atoms with Crippen molar-refractivity contribution in [1.82, 2.24) is 0 Å². The van der Waals surface area contributed by atoms with E-state index in [0.717, 1.165) is 30.6 Å². The van der Waals surface area contributed by atoms with Gasteiger partial charge >= 0.3 is 5.97 Å². The number of nitrogens with zero attached hydrogens (tertiary/aromatic N) is 1. The second-order valence-electron chi connectivity index (χ2n) is 5.68. The van der Waals surface area contributed by atoms with Gasteiger partial charge in [0.1, 0.15) is 0 Å². The molecule has 0 amide bonds. The lowest BCUT2D eigenvalue weighted by molar-refractivity contribution is 0.0697. The minimum Gasteiger partial charge on any atom is -0.478 e. The van der Waals surface area contributed by atoms with Crippen LogP contribution in [0.4, 0.5) is 5.69 Å². The van der Waals surface area contributed by atoms with Crippen molar-refractivity contribution in [3.63, 3.8) is 0 Å². The Balaban J connectivity index is 1.88. The fourth-order valence-corrected chi connectivity index (χ4v) is 3.73. The second-order valence-corrected chi connectivity index (χ2v) is 6.11. The molecule has 0 spiro atoms. The Hall–Kier alpha value is -1.22. The van der Waals surface area contributed by atoms with Crippen molar-refractivity contribution in [3.8, 4) is 0 Å². The second kappa shape index (κ2) is 5.04. The van der Waals surface area contributed by atoms with E-state index in [2.05, 4.69) is 4.90 Å². The summed E-state index contributed by atoms with van der Waals surface area (Å²) in [5, 5.41) is 9.81. The summed E-state index contributed by atoms with van der Waals surface area (Å²) in [5.41, 5.74) is 1.15. The van der Waals surface area contributed by atoms with E-state index in [1.165, 1.54) is 25.7 Å². The number of halogens is 1. The van der Waals surface area contributed by atoms with Gasteiger partial charge in [0.05, 0.1) is 11.3 Å². The topological polar surface area (TPSA) is 40.5 Å². The third-order valence-corrected chi connectivity index (χ3v) is 4.74. The summed E-state index contributed by atoms with van der Waals surface area (Å²) in [7, 11) is 0. The molecule has 1 aromatic carbocycles. The molecule has 1 aromatic rings. The van der Waals surface area contributed by atoms with Gasteiger partial charge in [0.15, 0.2) is 0 Å². The van der Waals surface area contributed by atoms with Crippen LogP contribution in [0.2, 0.25) is 5.02 Å². The van der Waals surface area contributed by atoms with E-state index in [4.69, 9.17) is 11.6 Å². The van der Waals surface area contributed by atoms with E-state index >= 15 is 0 Å². The number of fused-ring (bicyclic) bond motifs is 1. The normalized spacial score (nSPS) is 26.3. The van der Waals surface area contributed by atoms with E-state index in [-0.39, 0.29) is 0 Å². The fraction of sp³-hybridized carbons (Fsp3) is 0.533. The molecule has 1 aliphatic carbocycles. The first-order valence-corrected chi connectivity index (χ1v) is 7.31. The van der Waals surface area contributed by atoms with E-state index in [1.54, 1.807) is 12.1 Å². The zero-order valence-corrected chi connectivity index (χ0v) is 11.6. The molecule has 102 valence electrons. The molecular weight excluding hydrogens is 262 g/mol. The van der Waals surface area contributed by atoms with Crippen LogP contribution < -0.4 is 4.90 Å². The first-order chi connectivity index (χ1) is 9.15. The van der Waals surface area contributed by atoms with Gasteiger partial charge in [-0.05, 0) is 42.9 Å². The van der Waals surface area contributed by atoms with Crippen molar-refractivity contribution in [1.29, 1.82) is 0 Å². The summed E-state index contributed by atoms with van der Waals surface area (Å²) in [6.07, 6.45) is 5.22. The van der Waals surface area contributed by atoms with Crippen LogP contribution in [-0.2, 0) is 0 Å². The lowest BCUT2D eigenvalue weighted by Crippen LogP contribution is -2.22. The number of benzene rings is 1. The number of hydrogen-bond donors (Lipinski definition) is 1. The highest BCUT2D eigenvalue weighted by molar-refractivity contribution is 6.31. The number of hydrogen-bond acceptors (Lipinski definition) is 2. The van der Waals surface area contributed by atoms with E-state index in [0.29, 0.717) is 10.6 Å². The highest BCUT2D eigenvalue weighted by Gasteiger charge is 2.35. The average molecular weight is 280 g/mol. The molecular formula is C15H18ClNO2. The van der Waals surface area contributed by atoms with Crippen molar-refractivity contribution in [2.45, 2.75) is 25.7 Å². The highest BCUT2D eigenvalue weighted by atomic mass is 35.5. The Bertz CT molecular complexity index is 489. The maximum Gasteiger partial charge on any atom is 0.337 e. The van der Waals surface area contributed by atoms with Crippen molar-refractivity contribution in [2.75, 3.05) is 18.0 Å². The fourth-order valence-electron chi connectivity index (χ4n) is 3.56. The molecule has 3 rings (SSSR count). The van der Waals surface area contributed by atoms with Gasteiger partial charge in [-0.1, -0.05) is 24.4 Å². The first kappa shape index (κ1) is 12.8. The molecule has 1 saturated carbocycles. The third-order valence-electron chi connectivity index (χ3n) is 4.51. The van der Waals surface area contributed by atoms with Crippen molar-refractivity contribution >= 4 is 23.3 Å². The van der Waals surface area contributed by atoms with E-state index in [1.807, 2.05) is 6.07 Å². The maximum atomic E-state index is 11.4. The molecule has 0 bridgehead atoms. The molecule has 2 fully saturated rings. The van der Waals surface area contributed by atoms with Gasteiger partial charge in [-0.3, -0.25) is 0 Å². The van der Waals surface area contributed by atoms with Crippen molar-refractivity contribution in [2.24, 2.45) is 11.8 Å². The molecule has 19 heavy (non-hydrogen) atoms. The smallest absolute Gasteiger partial charge is 0.337 e. The van der Waals surface area contributed by atoms with E-state index in [9.17, 15) is 9.90 Å². The molecule has 2 aliphatic rings. The molecule has 4 heteroatoms. The number of rotatable bonds is 2. The van der Waals surface area contributed by atoms with Gasteiger partial charge in [-0.15, -0.1) is 0 Å². The Morgan fingerprint density at radius 2 is 1.84 bits per heavy atom. The van der Waals surface area contributed by atoms with Crippen LogP contribution in [0.3, 0.4) is 0 Å². The lowest BCUT2D eigenvalue weighted by Gasteiger charge is -2.22. The minimum absolute atomic E-state index is 0.325. The number of carboxylic acid groups (broad SMARTS) is 1. The van der Waals surface area contributed by atoms with Crippen LogP contribution in [0.25, 0.3) is 0 Å². The predicted molar refractivity (Wildman–Crippen MR) is 76.1 cm³/mol. The molecule has 2 atom stereocenters. The molecule has 1 saturated heterocycles. The van der Waals surface area contributed by atoms with Gasteiger partial charge in [0.2, 0.25) is 0 Å². The van der Waals surface area contributed by atoms with Crippen LogP contribution in [0, 0.1) is 11.8 Å². The van der Waals surface area contributed by atoms with Crippen LogP contribution in [0.5, 0.6) is 0 Å². The van der Waals surface area contributed by atoms with Gasteiger partial charge in [0, 0.05) is 18.1 Å². The SMILES string of the molecule is O=C(O)c1cc(Cl)ccc1N1CC2CCCCC2C1. The summed E-state index contributed by atoms with van der Waals surface area (Å²) in [5.74, 6) is 0.588. The Morgan fingerprint density at radius 3 is 2.42 bits per heavy atom. The molecule has 2 unspecified atom stereocenters. The summed E-state index contributed by atoms with van der Waals surface area (Å²) >= 11 is 5.91. The lowest BCUT2D eigenvalue weighted by atomic mass is 9.82. The zero-order chi connectivity index (χ0) is 13.4. The van der Waals surface area contributed by atoms with Crippen LogP contribution in [-0.4, -0.2) is 24.2 Å². The van der Waals surface area contributed by atoms with Gasteiger partial charge in [-0.25, -0.2) is 4.79 Å². The summed E-state index contributed by atoms with van der Waals surface area (Å²) < 4.78 is 0. The molecule has 1 heterocycles. The molecule has 0 radical (unpaired) electrons. The van der Waals surface area contributed by atoms with E-state index < -0.39 is 5.97 Å². The zero-order valence-electron chi connectivity index (χ0n) is 10.8. The number of carboxylic acids is 1. The Morgan fingerprint density at radius 1 is 1.21 bits per heavy atom. The predicted octanol–water partition coefficient (Wildman–Crippen LogP) is 3.66. The first-order valence-electron chi connectivity index (χ1n) is 6.93. The minimum atomic E-state index is -0.896. The quantitative estimate of drug-likeness (QED) is 0.898. The molecule has 1 aliphatic heterocycles. The summed E-state index contributed by atoms with van der Waals surface area (Å²) in [4.78, 5) is 13.6. The third kappa shape index (κ3) is 2.44.